The zero-order chi connectivity index (χ0) is 27.1. The number of hydrogen-bond donors (Lipinski definition) is 1. The molecule has 0 aliphatic carbocycles. The number of benzene rings is 1. The topological polar surface area (TPSA) is 44.8 Å². The summed E-state index contributed by atoms with van der Waals surface area (Å²) in [6, 6.07) is 8.54. The molecule has 0 amide bonds. The first-order chi connectivity index (χ1) is 18.8. The summed E-state index contributed by atoms with van der Waals surface area (Å²) in [4.78, 5) is 2.66. The molecule has 0 aliphatic heterocycles. The SMILES string of the molecule is CCCCCCCCCCCCN(CCCCCCCCCCCC)Cc1[nH]nnc1-c1ccccc1C. The number of aromatic amines is 1. The molecule has 38 heavy (non-hydrogen) atoms. The van der Waals surface area contributed by atoms with E-state index in [2.05, 4.69) is 65.3 Å². The minimum atomic E-state index is 0.922. The third kappa shape index (κ3) is 14.5. The third-order valence-electron chi connectivity index (χ3n) is 8.06. The van der Waals surface area contributed by atoms with Crippen LogP contribution in [0.15, 0.2) is 24.3 Å². The second-order valence-corrected chi connectivity index (χ2v) is 11.6. The predicted octanol–water partition coefficient (Wildman–Crippen LogP) is 10.4. The van der Waals surface area contributed by atoms with Crippen LogP contribution in [0, 0.1) is 6.92 Å². The van der Waals surface area contributed by atoms with E-state index in [1.807, 2.05) is 0 Å². The Balaban J connectivity index is 1.75. The Hall–Kier alpha value is -1.68. The van der Waals surface area contributed by atoms with Gasteiger partial charge in [-0.2, -0.15) is 0 Å². The molecule has 0 atom stereocenters. The van der Waals surface area contributed by atoms with Crippen LogP contribution in [-0.2, 0) is 6.54 Å². The second kappa shape index (κ2) is 22.2. The molecule has 2 aromatic rings. The molecular weight excluding hydrogens is 464 g/mol. The lowest BCUT2D eigenvalue weighted by Gasteiger charge is -2.22. The van der Waals surface area contributed by atoms with E-state index >= 15 is 0 Å². The van der Waals surface area contributed by atoms with Crippen molar-refractivity contribution in [2.45, 2.75) is 156 Å². The molecule has 0 fully saturated rings. The molecule has 0 unspecified atom stereocenters. The van der Waals surface area contributed by atoms with Crippen LogP contribution >= 0.6 is 0 Å². The molecule has 0 radical (unpaired) electrons. The molecule has 1 heterocycles. The molecule has 2 rings (SSSR count). The molecule has 0 saturated heterocycles. The van der Waals surface area contributed by atoms with E-state index in [-0.39, 0.29) is 0 Å². The van der Waals surface area contributed by atoms with Crippen molar-refractivity contribution in [2.75, 3.05) is 13.1 Å². The van der Waals surface area contributed by atoms with E-state index in [9.17, 15) is 0 Å². The van der Waals surface area contributed by atoms with Crippen LogP contribution in [0.5, 0.6) is 0 Å². The highest BCUT2D eigenvalue weighted by atomic mass is 15.3. The summed E-state index contributed by atoms with van der Waals surface area (Å²) < 4.78 is 0. The van der Waals surface area contributed by atoms with Gasteiger partial charge in [0.05, 0.1) is 5.69 Å². The van der Waals surface area contributed by atoms with Crippen molar-refractivity contribution in [3.8, 4) is 11.3 Å². The van der Waals surface area contributed by atoms with E-state index in [4.69, 9.17) is 0 Å². The summed E-state index contributed by atoms with van der Waals surface area (Å²) in [7, 11) is 0. The standard InChI is InChI=1S/C34H60N4/c1-4-6-8-10-12-14-16-18-20-24-28-38(29-25-21-19-17-15-13-11-9-7-5-2)30-33-34(36-37-35-33)32-27-23-22-26-31(32)3/h22-23,26-27H,4-21,24-25,28-30H2,1-3H3,(H,35,36,37). The highest BCUT2D eigenvalue weighted by molar-refractivity contribution is 5.64. The van der Waals surface area contributed by atoms with Gasteiger partial charge in [-0.05, 0) is 38.4 Å². The van der Waals surface area contributed by atoms with Crippen LogP contribution in [0.3, 0.4) is 0 Å². The predicted molar refractivity (Wildman–Crippen MR) is 166 cm³/mol. The van der Waals surface area contributed by atoms with E-state index in [0.717, 1.165) is 12.2 Å². The number of unbranched alkanes of at least 4 members (excludes halogenated alkanes) is 18. The largest absolute Gasteiger partial charge is 0.297 e. The van der Waals surface area contributed by atoms with Gasteiger partial charge in [-0.15, -0.1) is 5.10 Å². The quantitative estimate of drug-likeness (QED) is 0.131. The van der Waals surface area contributed by atoms with Crippen molar-refractivity contribution in [3.05, 3.63) is 35.5 Å². The van der Waals surface area contributed by atoms with Crippen LogP contribution in [0.4, 0.5) is 0 Å². The fourth-order valence-electron chi connectivity index (χ4n) is 5.55. The maximum atomic E-state index is 4.48. The van der Waals surface area contributed by atoms with Crippen LogP contribution in [0.2, 0.25) is 0 Å². The fraction of sp³-hybridized carbons (Fsp3) is 0.765. The summed E-state index contributed by atoms with van der Waals surface area (Å²) in [5, 5.41) is 11.9. The summed E-state index contributed by atoms with van der Waals surface area (Å²) >= 11 is 0. The number of nitrogens with one attached hydrogen (secondary N) is 1. The Bertz CT molecular complexity index is 775. The fourth-order valence-corrected chi connectivity index (χ4v) is 5.55. The Morgan fingerprint density at radius 3 is 1.53 bits per heavy atom. The molecule has 4 heteroatoms. The molecule has 0 aliphatic rings. The van der Waals surface area contributed by atoms with Crippen molar-refractivity contribution >= 4 is 0 Å². The number of rotatable bonds is 25. The van der Waals surface area contributed by atoms with E-state index in [1.54, 1.807) is 0 Å². The highest BCUT2D eigenvalue weighted by Gasteiger charge is 2.15. The van der Waals surface area contributed by atoms with Gasteiger partial charge in [0, 0.05) is 12.1 Å². The van der Waals surface area contributed by atoms with Gasteiger partial charge in [0.15, 0.2) is 0 Å². The highest BCUT2D eigenvalue weighted by Crippen LogP contribution is 2.24. The molecule has 0 bridgehead atoms. The van der Waals surface area contributed by atoms with Crippen LogP contribution in [0.1, 0.15) is 154 Å². The molecule has 216 valence electrons. The maximum absolute atomic E-state index is 4.48. The van der Waals surface area contributed by atoms with Crippen molar-refractivity contribution in [2.24, 2.45) is 0 Å². The Morgan fingerprint density at radius 1 is 0.605 bits per heavy atom. The molecule has 1 aromatic heterocycles. The summed E-state index contributed by atoms with van der Waals surface area (Å²) in [5.74, 6) is 0. The van der Waals surface area contributed by atoms with Crippen LogP contribution in [0.25, 0.3) is 11.3 Å². The van der Waals surface area contributed by atoms with Crippen LogP contribution in [-0.4, -0.2) is 33.4 Å². The smallest absolute Gasteiger partial charge is 0.117 e. The first-order valence-corrected chi connectivity index (χ1v) is 16.4. The van der Waals surface area contributed by atoms with Gasteiger partial charge < -0.3 is 0 Å². The normalized spacial score (nSPS) is 11.6. The van der Waals surface area contributed by atoms with E-state index in [1.165, 1.54) is 158 Å². The molecule has 1 N–H and O–H groups in total. The summed E-state index contributed by atoms with van der Waals surface area (Å²) in [5.41, 5.74) is 4.66. The third-order valence-corrected chi connectivity index (χ3v) is 8.06. The molecule has 4 nitrogen and oxygen atoms in total. The van der Waals surface area contributed by atoms with Crippen molar-refractivity contribution < 1.29 is 0 Å². The minimum absolute atomic E-state index is 0.922. The maximum Gasteiger partial charge on any atom is 0.117 e. The first kappa shape index (κ1) is 32.5. The van der Waals surface area contributed by atoms with Gasteiger partial charge >= 0.3 is 0 Å². The van der Waals surface area contributed by atoms with E-state index < -0.39 is 0 Å². The van der Waals surface area contributed by atoms with Gasteiger partial charge in [0.25, 0.3) is 0 Å². The van der Waals surface area contributed by atoms with E-state index in [0.29, 0.717) is 0 Å². The van der Waals surface area contributed by atoms with Crippen molar-refractivity contribution in [1.29, 1.82) is 0 Å². The second-order valence-electron chi connectivity index (χ2n) is 11.6. The van der Waals surface area contributed by atoms with Gasteiger partial charge in [0.1, 0.15) is 5.69 Å². The summed E-state index contributed by atoms with van der Waals surface area (Å²) in [6.45, 7) is 10.0. The number of hydrogen-bond acceptors (Lipinski definition) is 3. The first-order valence-electron chi connectivity index (χ1n) is 16.4. The van der Waals surface area contributed by atoms with Gasteiger partial charge in [-0.1, -0.05) is 159 Å². The lowest BCUT2D eigenvalue weighted by atomic mass is 10.0. The number of H-pyrrole nitrogens is 1. The molecule has 0 saturated carbocycles. The van der Waals surface area contributed by atoms with Gasteiger partial charge in [-0.3, -0.25) is 10.00 Å². The lowest BCUT2D eigenvalue weighted by molar-refractivity contribution is 0.249. The zero-order valence-electron chi connectivity index (χ0n) is 25.4. The van der Waals surface area contributed by atoms with Crippen molar-refractivity contribution in [3.63, 3.8) is 0 Å². The van der Waals surface area contributed by atoms with Crippen LogP contribution < -0.4 is 0 Å². The average molecular weight is 525 g/mol. The zero-order valence-corrected chi connectivity index (χ0v) is 25.4. The molecule has 1 aromatic carbocycles. The molecular formula is C34H60N4. The van der Waals surface area contributed by atoms with Gasteiger partial charge in [-0.25, -0.2) is 0 Å². The number of aromatic nitrogens is 3. The van der Waals surface area contributed by atoms with Crippen molar-refractivity contribution in [1.82, 2.24) is 20.3 Å². The Kier molecular flexibility index (Phi) is 19.0. The average Bonchev–Trinajstić information content (AvgIpc) is 3.38. The Morgan fingerprint density at radius 2 is 1.05 bits per heavy atom. The molecule has 0 spiro atoms. The monoisotopic (exact) mass is 524 g/mol. The Labute approximate surface area is 235 Å². The minimum Gasteiger partial charge on any atom is -0.297 e. The van der Waals surface area contributed by atoms with Gasteiger partial charge in [0.2, 0.25) is 0 Å². The lowest BCUT2D eigenvalue weighted by Crippen LogP contribution is -2.26. The number of nitrogens with zero attached hydrogens (tertiary/aromatic N) is 3. The number of aryl methyl sites for hydroxylation is 1. The summed E-state index contributed by atoms with van der Waals surface area (Å²) in [6.07, 6.45) is 27.8.